The molecule has 1 aromatic rings. The van der Waals surface area contributed by atoms with Gasteiger partial charge in [0.05, 0.1) is 11.6 Å². The van der Waals surface area contributed by atoms with E-state index in [1.54, 1.807) is 7.11 Å². The molecule has 1 aromatic carbocycles. The quantitative estimate of drug-likeness (QED) is 0.851. The van der Waals surface area contributed by atoms with Gasteiger partial charge in [-0.05, 0) is 70.8 Å². The van der Waals surface area contributed by atoms with Gasteiger partial charge in [-0.3, -0.25) is 0 Å². The predicted molar refractivity (Wildman–Crippen MR) is 86.0 cm³/mol. The van der Waals surface area contributed by atoms with Crippen LogP contribution in [0, 0.1) is 17.8 Å². The zero-order chi connectivity index (χ0) is 14.1. The van der Waals surface area contributed by atoms with Gasteiger partial charge in [0.25, 0.3) is 0 Å². The van der Waals surface area contributed by atoms with Crippen molar-refractivity contribution in [2.24, 2.45) is 17.8 Å². The summed E-state index contributed by atoms with van der Waals surface area (Å²) in [6.07, 6.45) is 5.74. The lowest BCUT2D eigenvalue weighted by Gasteiger charge is -2.20. The fourth-order valence-corrected chi connectivity index (χ4v) is 4.67. The normalized spacial score (nSPS) is 29.6. The maximum Gasteiger partial charge on any atom is 0.133 e. The summed E-state index contributed by atoms with van der Waals surface area (Å²) in [6, 6.07) is 7.04. The monoisotopic (exact) mass is 337 g/mol. The molecule has 2 fully saturated rings. The van der Waals surface area contributed by atoms with Gasteiger partial charge in [-0.1, -0.05) is 25.8 Å². The Hall–Kier alpha value is -0.540. The van der Waals surface area contributed by atoms with E-state index in [0.717, 1.165) is 34.5 Å². The highest BCUT2D eigenvalue weighted by Crippen LogP contribution is 2.60. The summed E-state index contributed by atoms with van der Waals surface area (Å²) in [4.78, 5) is 0. The van der Waals surface area contributed by atoms with Crippen molar-refractivity contribution >= 4 is 15.9 Å². The Bertz CT molecular complexity index is 464. The molecule has 2 nitrogen and oxygen atoms in total. The zero-order valence-corrected chi connectivity index (χ0v) is 13.9. The van der Waals surface area contributed by atoms with E-state index in [4.69, 9.17) is 4.74 Å². The number of hydrogen-bond acceptors (Lipinski definition) is 2. The Morgan fingerprint density at radius 2 is 2.00 bits per heavy atom. The molecule has 0 heterocycles. The second-order valence-corrected chi connectivity index (χ2v) is 6.97. The average molecular weight is 338 g/mol. The van der Waals surface area contributed by atoms with E-state index in [9.17, 15) is 0 Å². The molecule has 3 atom stereocenters. The highest BCUT2D eigenvalue weighted by atomic mass is 79.9. The van der Waals surface area contributed by atoms with E-state index in [1.165, 1.54) is 31.2 Å². The third-order valence-corrected chi connectivity index (χ3v) is 5.69. The minimum atomic E-state index is 0.510. The van der Waals surface area contributed by atoms with Crippen LogP contribution < -0.4 is 10.1 Å². The van der Waals surface area contributed by atoms with Crippen LogP contribution in [-0.2, 0) is 0 Å². The molecule has 0 radical (unpaired) electrons. The molecule has 0 bridgehead atoms. The number of rotatable bonds is 5. The molecule has 20 heavy (non-hydrogen) atoms. The topological polar surface area (TPSA) is 21.3 Å². The van der Waals surface area contributed by atoms with Crippen molar-refractivity contribution in [3.05, 3.63) is 28.2 Å². The number of nitrogens with one attached hydrogen (secondary N) is 1. The highest BCUT2D eigenvalue weighted by molar-refractivity contribution is 9.10. The van der Waals surface area contributed by atoms with Gasteiger partial charge in [-0.25, -0.2) is 0 Å². The van der Waals surface area contributed by atoms with Crippen LogP contribution in [0.2, 0.25) is 0 Å². The Balaban J connectivity index is 1.82. The van der Waals surface area contributed by atoms with Crippen LogP contribution in [-0.4, -0.2) is 13.7 Å². The minimum Gasteiger partial charge on any atom is -0.496 e. The van der Waals surface area contributed by atoms with Crippen molar-refractivity contribution in [3.8, 4) is 5.75 Å². The molecule has 2 aliphatic carbocycles. The molecule has 110 valence electrons. The molecule has 2 saturated carbocycles. The first-order chi connectivity index (χ1) is 9.76. The fraction of sp³-hybridized carbons (Fsp3) is 0.647. The van der Waals surface area contributed by atoms with Crippen molar-refractivity contribution in [1.29, 1.82) is 0 Å². The summed E-state index contributed by atoms with van der Waals surface area (Å²) < 4.78 is 6.40. The first-order valence-corrected chi connectivity index (χ1v) is 8.62. The minimum absolute atomic E-state index is 0.510. The maximum atomic E-state index is 5.34. The largest absolute Gasteiger partial charge is 0.496 e. The summed E-state index contributed by atoms with van der Waals surface area (Å²) >= 11 is 3.62. The summed E-state index contributed by atoms with van der Waals surface area (Å²) in [6.45, 7) is 3.24. The summed E-state index contributed by atoms with van der Waals surface area (Å²) in [5.41, 5.74) is 1.40. The molecule has 0 aromatic heterocycles. The van der Waals surface area contributed by atoms with Crippen LogP contribution in [0.1, 0.15) is 44.2 Å². The third-order valence-electron chi connectivity index (χ3n) is 5.07. The van der Waals surface area contributed by atoms with Gasteiger partial charge in [0, 0.05) is 6.04 Å². The predicted octanol–water partition coefficient (Wildman–Crippen LogP) is 4.54. The Morgan fingerprint density at radius 3 is 2.55 bits per heavy atom. The summed E-state index contributed by atoms with van der Waals surface area (Å²) in [5.74, 6) is 3.69. The van der Waals surface area contributed by atoms with Crippen molar-refractivity contribution in [2.45, 2.75) is 38.6 Å². The van der Waals surface area contributed by atoms with Gasteiger partial charge in [0.1, 0.15) is 5.75 Å². The smallest absolute Gasteiger partial charge is 0.133 e. The molecule has 0 spiro atoms. The molecular weight excluding hydrogens is 314 g/mol. The van der Waals surface area contributed by atoms with Gasteiger partial charge in [-0.2, -0.15) is 0 Å². The zero-order valence-electron chi connectivity index (χ0n) is 12.4. The second-order valence-electron chi connectivity index (χ2n) is 6.12. The van der Waals surface area contributed by atoms with E-state index < -0.39 is 0 Å². The first kappa shape index (κ1) is 14.4. The Morgan fingerprint density at radius 1 is 1.30 bits per heavy atom. The van der Waals surface area contributed by atoms with Crippen molar-refractivity contribution < 1.29 is 4.74 Å². The highest BCUT2D eigenvalue weighted by Gasteiger charge is 2.54. The van der Waals surface area contributed by atoms with Crippen LogP contribution in [0.4, 0.5) is 0 Å². The van der Waals surface area contributed by atoms with Crippen molar-refractivity contribution in [1.82, 2.24) is 5.32 Å². The Labute approximate surface area is 130 Å². The molecule has 3 rings (SSSR count). The average Bonchev–Trinajstić information content (AvgIpc) is 3.19. The van der Waals surface area contributed by atoms with Gasteiger partial charge in [0.2, 0.25) is 0 Å². The summed E-state index contributed by atoms with van der Waals surface area (Å²) in [5, 5.41) is 3.72. The number of ether oxygens (including phenoxy) is 1. The van der Waals surface area contributed by atoms with Gasteiger partial charge >= 0.3 is 0 Å². The van der Waals surface area contributed by atoms with Crippen LogP contribution in [0.15, 0.2) is 22.7 Å². The second kappa shape index (κ2) is 6.07. The van der Waals surface area contributed by atoms with Crippen LogP contribution in [0.3, 0.4) is 0 Å². The number of hydrogen-bond donors (Lipinski definition) is 1. The van der Waals surface area contributed by atoms with Crippen molar-refractivity contribution in [2.75, 3.05) is 13.7 Å². The van der Waals surface area contributed by atoms with E-state index >= 15 is 0 Å². The van der Waals surface area contributed by atoms with Gasteiger partial charge in [-0.15, -0.1) is 0 Å². The molecule has 2 aliphatic rings. The molecule has 0 saturated heterocycles. The van der Waals surface area contributed by atoms with Crippen LogP contribution >= 0.6 is 15.9 Å². The van der Waals surface area contributed by atoms with Gasteiger partial charge in [0.15, 0.2) is 0 Å². The van der Waals surface area contributed by atoms with E-state index in [0.29, 0.717) is 6.04 Å². The number of benzene rings is 1. The first-order valence-electron chi connectivity index (χ1n) is 7.83. The third kappa shape index (κ3) is 2.62. The SMILES string of the molecule is CCNC(c1ccc(OC)c(Br)c1)C1C2CCCCC21. The van der Waals surface area contributed by atoms with Crippen LogP contribution in [0.25, 0.3) is 0 Å². The molecule has 0 aliphatic heterocycles. The number of fused-ring (bicyclic) bond motifs is 1. The lowest BCUT2D eigenvalue weighted by atomic mass is 9.99. The molecule has 3 unspecified atom stereocenters. The van der Waals surface area contributed by atoms with E-state index in [1.807, 2.05) is 0 Å². The summed E-state index contributed by atoms with van der Waals surface area (Å²) in [7, 11) is 1.72. The fourth-order valence-electron chi connectivity index (χ4n) is 4.11. The standard InChI is InChI=1S/C17H24BrNO/c1-3-19-17(16-12-6-4-5-7-13(12)16)11-8-9-15(20-2)14(18)10-11/h8-10,12-13,16-17,19H,3-7H2,1-2H3. The van der Waals surface area contributed by atoms with Crippen LogP contribution in [0.5, 0.6) is 5.75 Å². The molecular formula is C17H24BrNO. The van der Waals surface area contributed by atoms with Gasteiger partial charge < -0.3 is 10.1 Å². The Kier molecular flexibility index (Phi) is 4.37. The lowest BCUT2D eigenvalue weighted by Crippen LogP contribution is -2.23. The number of methoxy groups -OCH3 is 1. The van der Waals surface area contributed by atoms with E-state index in [-0.39, 0.29) is 0 Å². The van der Waals surface area contributed by atoms with Crippen molar-refractivity contribution in [3.63, 3.8) is 0 Å². The molecule has 1 N–H and O–H groups in total. The lowest BCUT2D eigenvalue weighted by molar-refractivity contribution is 0.410. The van der Waals surface area contributed by atoms with E-state index in [2.05, 4.69) is 46.4 Å². The maximum absolute atomic E-state index is 5.34. The molecule has 3 heteroatoms. The molecule has 0 amide bonds. The number of halogens is 1.